The second-order valence-corrected chi connectivity index (χ2v) is 5.64. The summed E-state index contributed by atoms with van der Waals surface area (Å²) in [6.07, 6.45) is 4.91. The van der Waals surface area contributed by atoms with Crippen LogP contribution in [0, 0.1) is 5.92 Å². The first kappa shape index (κ1) is 14.0. The summed E-state index contributed by atoms with van der Waals surface area (Å²) in [7, 11) is 0. The number of esters is 1. The molecular formula is C14H19N3O4. The zero-order valence-corrected chi connectivity index (χ0v) is 12.0. The number of ether oxygens (including phenoxy) is 1. The van der Waals surface area contributed by atoms with Crippen LogP contribution in [0.5, 0.6) is 0 Å². The molecule has 2 heterocycles. The number of hydrogen-bond donors (Lipinski definition) is 1. The molecule has 0 aromatic carbocycles. The van der Waals surface area contributed by atoms with Crippen LogP contribution >= 0.6 is 0 Å². The fourth-order valence-corrected chi connectivity index (χ4v) is 3.38. The number of hydrogen-bond acceptors (Lipinski definition) is 6. The van der Waals surface area contributed by atoms with Crippen LogP contribution in [0.25, 0.3) is 0 Å². The lowest BCUT2D eigenvalue weighted by Crippen LogP contribution is -2.44. The van der Waals surface area contributed by atoms with Crippen molar-refractivity contribution in [2.45, 2.75) is 51.1 Å². The maximum Gasteiger partial charge on any atom is 0.355 e. The monoisotopic (exact) mass is 293 g/mol. The van der Waals surface area contributed by atoms with E-state index in [0.717, 1.165) is 32.1 Å². The van der Waals surface area contributed by atoms with Crippen molar-refractivity contribution in [3.63, 3.8) is 0 Å². The van der Waals surface area contributed by atoms with Crippen molar-refractivity contribution in [2.24, 2.45) is 11.0 Å². The van der Waals surface area contributed by atoms with Gasteiger partial charge in [-0.25, -0.2) is 4.79 Å². The molecule has 2 amide bonds. The summed E-state index contributed by atoms with van der Waals surface area (Å²) in [5, 5.41) is 3.84. The fraction of sp³-hybridized carbons (Fsp3) is 0.714. The number of nitrogens with one attached hydrogen (secondary N) is 1. The highest BCUT2D eigenvalue weighted by Crippen LogP contribution is 2.32. The van der Waals surface area contributed by atoms with Gasteiger partial charge in [-0.2, -0.15) is 5.10 Å². The van der Waals surface area contributed by atoms with Gasteiger partial charge in [0.25, 0.3) is 5.91 Å². The molecule has 0 radical (unpaired) electrons. The summed E-state index contributed by atoms with van der Waals surface area (Å²) in [4.78, 5) is 38.2. The number of amides is 2. The van der Waals surface area contributed by atoms with Crippen LogP contribution in [0.2, 0.25) is 0 Å². The highest BCUT2D eigenvalue weighted by molar-refractivity contribution is 6.44. The molecule has 2 fully saturated rings. The predicted molar refractivity (Wildman–Crippen MR) is 73.2 cm³/mol. The molecule has 2 atom stereocenters. The van der Waals surface area contributed by atoms with Crippen LogP contribution < -0.4 is 5.43 Å². The van der Waals surface area contributed by atoms with E-state index in [9.17, 15) is 14.4 Å². The first-order valence-electron chi connectivity index (χ1n) is 7.52. The van der Waals surface area contributed by atoms with Crippen LogP contribution in [-0.2, 0) is 19.1 Å². The van der Waals surface area contributed by atoms with E-state index in [1.165, 1.54) is 4.90 Å². The average molecular weight is 293 g/mol. The lowest BCUT2D eigenvalue weighted by molar-refractivity contribution is -0.143. The van der Waals surface area contributed by atoms with Gasteiger partial charge in [-0.15, -0.1) is 0 Å². The standard InChI is InChI=1S/C14H19N3O4/c1-2-21-14(20)11-9-10(15-16-11)13(19)17(12(9)18)8-6-4-3-5-7-8/h8-10,15H,2-7H2,1H3/t9-,10-/m1/s1. The van der Waals surface area contributed by atoms with Gasteiger partial charge in [-0.1, -0.05) is 19.3 Å². The zero-order chi connectivity index (χ0) is 15.0. The molecule has 3 aliphatic rings. The molecule has 7 heteroatoms. The molecule has 1 saturated heterocycles. The van der Waals surface area contributed by atoms with Gasteiger partial charge in [0.05, 0.1) is 6.61 Å². The maximum atomic E-state index is 12.6. The first-order valence-corrected chi connectivity index (χ1v) is 7.52. The molecule has 0 aromatic rings. The van der Waals surface area contributed by atoms with Gasteiger partial charge in [0.1, 0.15) is 12.0 Å². The smallest absolute Gasteiger partial charge is 0.355 e. The molecule has 114 valence electrons. The minimum absolute atomic E-state index is 0.0264. The van der Waals surface area contributed by atoms with Gasteiger partial charge >= 0.3 is 5.97 Å². The van der Waals surface area contributed by atoms with Gasteiger partial charge in [0, 0.05) is 6.04 Å². The molecule has 1 saturated carbocycles. The first-order chi connectivity index (χ1) is 10.1. The molecule has 7 nitrogen and oxygen atoms in total. The summed E-state index contributed by atoms with van der Waals surface area (Å²) in [6.45, 7) is 1.90. The minimum Gasteiger partial charge on any atom is -0.461 e. The number of carbonyl (C=O) groups is 3. The highest BCUT2D eigenvalue weighted by Gasteiger charge is 2.56. The normalized spacial score (nSPS) is 29.2. The molecule has 0 bridgehead atoms. The summed E-state index contributed by atoms with van der Waals surface area (Å²) in [6, 6.07) is -0.770. The number of imide groups is 1. The lowest BCUT2D eigenvalue weighted by atomic mass is 9.94. The van der Waals surface area contributed by atoms with Gasteiger partial charge in [0.15, 0.2) is 5.71 Å². The van der Waals surface area contributed by atoms with Crippen molar-refractivity contribution in [3.05, 3.63) is 0 Å². The van der Waals surface area contributed by atoms with Crippen LogP contribution in [0.15, 0.2) is 5.10 Å². The Morgan fingerprint density at radius 3 is 2.67 bits per heavy atom. The quantitative estimate of drug-likeness (QED) is 0.593. The van der Waals surface area contributed by atoms with E-state index in [-0.39, 0.29) is 30.2 Å². The molecule has 1 N–H and O–H groups in total. The van der Waals surface area contributed by atoms with Crippen molar-refractivity contribution < 1.29 is 19.1 Å². The van der Waals surface area contributed by atoms with Crippen LogP contribution in [0.4, 0.5) is 0 Å². The van der Waals surface area contributed by atoms with E-state index in [1.807, 2.05) is 0 Å². The molecule has 0 spiro atoms. The Morgan fingerprint density at radius 2 is 2.00 bits per heavy atom. The highest BCUT2D eigenvalue weighted by atomic mass is 16.5. The Labute approximate surface area is 122 Å². The summed E-state index contributed by atoms with van der Waals surface area (Å²) in [5.41, 5.74) is 2.66. The third-order valence-corrected chi connectivity index (χ3v) is 4.38. The topological polar surface area (TPSA) is 88.1 Å². The third-order valence-electron chi connectivity index (χ3n) is 4.38. The average Bonchev–Trinajstić information content (AvgIpc) is 3.02. The Balaban J connectivity index is 1.80. The number of nitrogens with zero attached hydrogens (tertiary/aromatic N) is 2. The second kappa shape index (κ2) is 5.46. The summed E-state index contributed by atoms with van der Waals surface area (Å²) in [5.74, 6) is -2.02. The Morgan fingerprint density at radius 1 is 1.29 bits per heavy atom. The van der Waals surface area contributed by atoms with E-state index in [1.54, 1.807) is 6.92 Å². The molecule has 21 heavy (non-hydrogen) atoms. The number of carbonyl (C=O) groups excluding carboxylic acids is 3. The van der Waals surface area contributed by atoms with Crippen LogP contribution in [0.3, 0.4) is 0 Å². The second-order valence-electron chi connectivity index (χ2n) is 5.64. The van der Waals surface area contributed by atoms with Crippen molar-refractivity contribution in [1.82, 2.24) is 10.3 Å². The van der Waals surface area contributed by atoms with Crippen molar-refractivity contribution in [1.29, 1.82) is 0 Å². The van der Waals surface area contributed by atoms with E-state index >= 15 is 0 Å². The van der Waals surface area contributed by atoms with Crippen LogP contribution in [-0.4, -0.2) is 47.1 Å². The van der Waals surface area contributed by atoms with Crippen molar-refractivity contribution >= 4 is 23.5 Å². The van der Waals surface area contributed by atoms with Gasteiger partial charge < -0.3 is 4.74 Å². The summed E-state index contributed by atoms with van der Waals surface area (Å²) < 4.78 is 4.91. The molecule has 3 rings (SSSR count). The number of fused-ring (bicyclic) bond motifs is 1. The number of hydrazone groups is 1. The lowest BCUT2D eigenvalue weighted by Gasteiger charge is -2.30. The third kappa shape index (κ3) is 2.20. The maximum absolute atomic E-state index is 12.6. The zero-order valence-electron chi connectivity index (χ0n) is 12.0. The summed E-state index contributed by atoms with van der Waals surface area (Å²) >= 11 is 0. The van der Waals surface area contributed by atoms with E-state index < -0.39 is 17.9 Å². The van der Waals surface area contributed by atoms with Crippen molar-refractivity contribution in [3.8, 4) is 0 Å². The predicted octanol–water partition coefficient (Wildman–Crippen LogP) is 0.195. The Kier molecular flexibility index (Phi) is 3.65. The van der Waals surface area contributed by atoms with E-state index in [0.29, 0.717) is 0 Å². The van der Waals surface area contributed by atoms with Crippen LogP contribution in [0.1, 0.15) is 39.0 Å². The van der Waals surface area contributed by atoms with Gasteiger partial charge in [-0.3, -0.25) is 19.9 Å². The van der Waals surface area contributed by atoms with Crippen molar-refractivity contribution in [2.75, 3.05) is 6.61 Å². The molecular weight excluding hydrogens is 274 g/mol. The number of rotatable bonds is 3. The fourth-order valence-electron chi connectivity index (χ4n) is 3.38. The largest absolute Gasteiger partial charge is 0.461 e. The van der Waals surface area contributed by atoms with Gasteiger partial charge in [0.2, 0.25) is 5.91 Å². The van der Waals surface area contributed by atoms with E-state index in [2.05, 4.69) is 10.5 Å². The SMILES string of the molecule is CCOC(=O)C1=NN[C@H]2C(=O)N(C3CCCCC3)C(=O)[C@@H]12. The Bertz CT molecular complexity index is 510. The number of likely N-dealkylation sites (tertiary alicyclic amines) is 1. The van der Waals surface area contributed by atoms with E-state index in [4.69, 9.17) is 4.74 Å². The molecule has 0 unspecified atom stereocenters. The molecule has 0 aromatic heterocycles. The molecule has 2 aliphatic heterocycles. The molecule has 1 aliphatic carbocycles. The van der Waals surface area contributed by atoms with Gasteiger partial charge in [-0.05, 0) is 19.8 Å². The Hall–Kier alpha value is -1.92. The minimum atomic E-state index is -0.821.